The van der Waals surface area contributed by atoms with Crippen LogP contribution in [0.3, 0.4) is 0 Å². The van der Waals surface area contributed by atoms with E-state index in [1.807, 2.05) is 13.8 Å². The maximum absolute atomic E-state index is 14.0. The number of anilines is 1. The molecule has 0 aliphatic carbocycles. The Kier molecular flexibility index (Phi) is 10.7. The van der Waals surface area contributed by atoms with Crippen LogP contribution < -0.4 is 9.62 Å². The summed E-state index contributed by atoms with van der Waals surface area (Å²) < 4.78 is 28.6. The normalized spacial score (nSPS) is 12.2. The van der Waals surface area contributed by atoms with Gasteiger partial charge in [-0.2, -0.15) is 0 Å². The highest BCUT2D eigenvalue weighted by Crippen LogP contribution is 2.31. The van der Waals surface area contributed by atoms with Gasteiger partial charge in [0.05, 0.1) is 20.6 Å². The molecule has 1 atom stereocenters. The van der Waals surface area contributed by atoms with E-state index in [1.165, 1.54) is 35.2 Å². The largest absolute Gasteiger partial charge is 0.352 e. The Morgan fingerprint density at radius 1 is 0.897 bits per heavy atom. The maximum atomic E-state index is 14.0. The first-order valence-electron chi connectivity index (χ1n) is 12.3. The summed E-state index contributed by atoms with van der Waals surface area (Å²) in [5, 5.41) is 3.76. The van der Waals surface area contributed by atoms with Gasteiger partial charge in [-0.1, -0.05) is 72.1 Å². The first-order valence-corrected chi connectivity index (χ1v) is 14.9. The third-order valence-electron chi connectivity index (χ3n) is 5.88. The van der Waals surface area contributed by atoms with E-state index in [2.05, 4.69) is 5.32 Å². The Bertz CT molecular complexity index is 1400. The second-order valence-corrected chi connectivity index (χ2v) is 12.3. The number of benzene rings is 3. The fraction of sp³-hybridized carbons (Fsp3) is 0.286. The average molecular weight is 611 g/mol. The molecule has 2 amide bonds. The lowest BCUT2D eigenvalue weighted by atomic mass is 10.1. The second-order valence-electron chi connectivity index (χ2n) is 9.16. The molecule has 3 rings (SSSR count). The summed E-state index contributed by atoms with van der Waals surface area (Å²) in [6.45, 7) is 4.95. The van der Waals surface area contributed by atoms with E-state index in [9.17, 15) is 18.0 Å². The minimum absolute atomic E-state index is 0.00211. The molecular formula is C28H30Cl3N3O4S. The Hall–Kier alpha value is -2.78. The van der Waals surface area contributed by atoms with Crippen molar-refractivity contribution in [3.05, 3.63) is 93.4 Å². The van der Waals surface area contributed by atoms with Gasteiger partial charge in [-0.05, 0) is 68.3 Å². The average Bonchev–Trinajstić information content (AvgIpc) is 2.90. The number of halogens is 3. The molecule has 0 aliphatic rings. The summed E-state index contributed by atoms with van der Waals surface area (Å²) >= 11 is 18.3. The predicted octanol–water partition coefficient (Wildman–Crippen LogP) is 6.17. The fourth-order valence-corrected chi connectivity index (χ4v) is 5.82. The van der Waals surface area contributed by atoms with Crippen LogP contribution in [-0.4, -0.2) is 43.8 Å². The van der Waals surface area contributed by atoms with Crippen LogP contribution in [-0.2, 0) is 26.2 Å². The number of hydrogen-bond acceptors (Lipinski definition) is 4. The zero-order valence-corrected chi connectivity index (χ0v) is 24.9. The zero-order chi connectivity index (χ0) is 28.7. The van der Waals surface area contributed by atoms with Crippen molar-refractivity contribution in [1.29, 1.82) is 0 Å². The predicted molar refractivity (Wildman–Crippen MR) is 157 cm³/mol. The van der Waals surface area contributed by atoms with Crippen molar-refractivity contribution < 1.29 is 18.0 Å². The minimum atomic E-state index is -4.20. The molecule has 208 valence electrons. The summed E-state index contributed by atoms with van der Waals surface area (Å²) in [5.74, 6) is -0.900. The highest BCUT2D eigenvalue weighted by Gasteiger charge is 2.34. The number of carbonyl (C=O) groups is 2. The zero-order valence-electron chi connectivity index (χ0n) is 21.8. The van der Waals surface area contributed by atoms with Crippen LogP contribution in [0.25, 0.3) is 0 Å². The van der Waals surface area contributed by atoms with E-state index in [-0.39, 0.29) is 39.1 Å². The van der Waals surface area contributed by atoms with Crippen molar-refractivity contribution in [2.24, 2.45) is 0 Å². The number of sulfonamides is 1. The molecule has 0 aliphatic heterocycles. The second kappa shape index (κ2) is 13.5. The lowest BCUT2D eigenvalue weighted by Crippen LogP contribution is -2.53. The van der Waals surface area contributed by atoms with Gasteiger partial charge in [0.1, 0.15) is 12.6 Å². The minimum Gasteiger partial charge on any atom is -0.352 e. The molecule has 0 saturated heterocycles. The lowest BCUT2D eigenvalue weighted by molar-refractivity contribution is -0.140. The van der Waals surface area contributed by atoms with Crippen LogP contribution >= 0.6 is 34.8 Å². The summed E-state index contributed by atoms with van der Waals surface area (Å²) in [4.78, 5) is 28.5. The standard InChI is InChI=1S/C28H30Cl3N3O4S/c1-4-26(28(36)32-19(2)3)33(17-20-10-12-21(29)13-11-20)27(35)18-34(22-14-15-24(30)25(31)16-22)39(37,38)23-8-6-5-7-9-23/h5-16,19,26H,4,17-18H2,1-3H3,(H,32,36)/t26-/m0/s1. The molecule has 0 aromatic heterocycles. The molecule has 0 radical (unpaired) electrons. The van der Waals surface area contributed by atoms with Gasteiger partial charge in [-0.15, -0.1) is 0 Å². The van der Waals surface area contributed by atoms with Crippen LogP contribution in [0.5, 0.6) is 0 Å². The van der Waals surface area contributed by atoms with Gasteiger partial charge in [0.25, 0.3) is 10.0 Å². The highest BCUT2D eigenvalue weighted by molar-refractivity contribution is 7.92. The molecule has 0 bridgehead atoms. The van der Waals surface area contributed by atoms with E-state index < -0.39 is 28.5 Å². The van der Waals surface area contributed by atoms with Crippen molar-refractivity contribution in [1.82, 2.24) is 10.2 Å². The number of rotatable bonds is 11. The molecule has 0 unspecified atom stereocenters. The maximum Gasteiger partial charge on any atom is 0.264 e. The van der Waals surface area contributed by atoms with Gasteiger partial charge >= 0.3 is 0 Å². The molecule has 11 heteroatoms. The summed E-state index contributed by atoms with van der Waals surface area (Å²) in [5.41, 5.74) is 0.892. The molecule has 0 saturated carbocycles. The van der Waals surface area contributed by atoms with E-state index in [0.29, 0.717) is 11.4 Å². The number of nitrogens with one attached hydrogen (secondary N) is 1. The number of amides is 2. The van der Waals surface area contributed by atoms with Gasteiger partial charge in [0, 0.05) is 17.6 Å². The lowest BCUT2D eigenvalue weighted by Gasteiger charge is -2.33. The van der Waals surface area contributed by atoms with Crippen molar-refractivity contribution in [2.45, 2.75) is 50.7 Å². The van der Waals surface area contributed by atoms with E-state index in [1.54, 1.807) is 49.4 Å². The van der Waals surface area contributed by atoms with Crippen molar-refractivity contribution >= 4 is 62.3 Å². The first kappa shape index (κ1) is 30.8. The monoisotopic (exact) mass is 609 g/mol. The molecule has 0 fully saturated rings. The Morgan fingerprint density at radius 3 is 2.10 bits per heavy atom. The first-order chi connectivity index (χ1) is 18.4. The van der Waals surface area contributed by atoms with Crippen LogP contribution in [0.4, 0.5) is 5.69 Å². The van der Waals surface area contributed by atoms with Crippen LogP contribution in [0.15, 0.2) is 77.7 Å². The van der Waals surface area contributed by atoms with Crippen molar-refractivity contribution in [3.63, 3.8) is 0 Å². The topological polar surface area (TPSA) is 86.8 Å². The molecule has 39 heavy (non-hydrogen) atoms. The molecular weight excluding hydrogens is 581 g/mol. The smallest absolute Gasteiger partial charge is 0.264 e. The molecule has 7 nitrogen and oxygen atoms in total. The summed E-state index contributed by atoms with van der Waals surface area (Å²) in [7, 11) is -4.20. The van der Waals surface area contributed by atoms with Crippen molar-refractivity contribution in [2.75, 3.05) is 10.8 Å². The summed E-state index contributed by atoms with van der Waals surface area (Å²) in [6, 6.07) is 18.0. The number of carbonyl (C=O) groups excluding carboxylic acids is 2. The molecule has 0 heterocycles. The summed E-state index contributed by atoms with van der Waals surface area (Å²) in [6.07, 6.45) is 0.316. The Labute approximate surface area is 244 Å². The van der Waals surface area contributed by atoms with Crippen LogP contribution in [0, 0.1) is 0 Å². The number of nitrogens with zero attached hydrogens (tertiary/aromatic N) is 2. The van der Waals surface area contributed by atoms with Crippen molar-refractivity contribution in [3.8, 4) is 0 Å². The molecule has 0 spiro atoms. The number of hydrogen-bond donors (Lipinski definition) is 1. The molecule has 3 aromatic carbocycles. The van der Waals surface area contributed by atoms with Gasteiger partial charge in [-0.3, -0.25) is 13.9 Å². The molecule has 1 N–H and O–H groups in total. The third kappa shape index (κ3) is 7.88. The third-order valence-corrected chi connectivity index (χ3v) is 8.66. The van der Waals surface area contributed by atoms with Crippen LogP contribution in [0.2, 0.25) is 15.1 Å². The van der Waals surface area contributed by atoms with E-state index >= 15 is 0 Å². The SMILES string of the molecule is CC[C@@H](C(=O)NC(C)C)N(Cc1ccc(Cl)cc1)C(=O)CN(c1ccc(Cl)c(Cl)c1)S(=O)(=O)c1ccccc1. The van der Waals surface area contributed by atoms with Gasteiger partial charge in [0.2, 0.25) is 11.8 Å². The molecule has 3 aromatic rings. The van der Waals surface area contributed by atoms with Gasteiger partial charge in [0.15, 0.2) is 0 Å². The van der Waals surface area contributed by atoms with E-state index in [0.717, 1.165) is 9.87 Å². The van der Waals surface area contributed by atoms with Gasteiger partial charge < -0.3 is 10.2 Å². The Balaban J connectivity index is 2.07. The quantitative estimate of drug-likeness (QED) is 0.281. The fourth-order valence-electron chi connectivity index (χ4n) is 3.98. The van der Waals surface area contributed by atoms with E-state index in [4.69, 9.17) is 34.8 Å². The Morgan fingerprint density at radius 2 is 1.54 bits per heavy atom. The van der Waals surface area contributed by atoms with Crippen LogP contribution in [0.1, 0.15) is 32.8 Å². The van der Waals surface area contributed by atoms with Gasteiger partial charge in [-0.25, -0.2) is 8.42 Å². The highest BCUT2D eigenvalue weighted by atomic mass is 35.5.